The highest BCUT2D eigenvalue weighted by Gasteiger charge is 2.86. The molecule has 6 atom stereocenters. The maximum Gasteiger partial charge on any atom is 0.465 e. The van der Waals surface area contributed by atoms with Gasteiger partial charge in [0.1, 0.15) is 5.60 Å². The molecule has 1 spiro atoms. The van der Waals surface area contributed by atoms with Gasteiger partial charge in [0.25, 0.3) is 0 Å². The molecule has 0 heterocycles. The van der Waals surface area contributed by atoms with Crippen LogP contribution in [0.4, 0.5) is 8.78 Å². The van der Waals surface area contributed by atoms with Crippen LogP contribution in [-0.4, -0.2) is 29.8 Å². The molecule has 5 nitrogen and oxygen atoms in total. The number of alkyl halides is 2. The van der Waals surface area contributed by atoms with Crippen molar-refractivity contribution in [3.63, 3.8) is 0 Å². The molecule has 20 heavy (non-hydrogen) atoms. The van der Waals surface area contributed by atoms with E-state index in [0.717, 1.165) is 12.8 Å². The maximum atomic E-state index is 13.3. The Morgan fingerprint density at radius 2 is 2.00 bits per heavy atom. The van der Waals surface area contributed by atoms with Gasteiger partial charge in [0.15, 0.2) is 0 Å². The number of carbonyl (C=O) groups is 1. The normalized spacial score (nSPS) is 51.4. The molecule has 4 fully saturated rings. The summed E-state index contributed by atoms with van der Waals surface area (Å²) in [7, 11) is -5.80. The first-order valence-electron chi connectivity index (χ1n) is 6.62. The Morgan fingerprint density at radius 1 is 1.35 bits per heavy atom. The minimum Gasteiger partial charge on any atom is -0.453 e. The summed E-state index contributed by atoms with van der Waals surface area (Å²) < 4.78 is 61.0. The predicted octanol–water partition coefficient (Wildman–Crippen LogP) is 1.44. The highest BCUT2D eigenvalue weighted by Crippen LogP contribution is 2.88. The smallest absolute Gasteiger partial charge is 0.453 e. The monoisotopic (exact) mass is 308 g/mol. The van der Waals surface area contributed by atoms with Crippen molar-refractivity contribution in [2.24, 2.45) is 29.1 Å². The van der Waals surface area contributed by atoms with Gasteiger partial charge in [0.05, 0.1) is 0 Å². The van der Waals surface area contributed by atoms with Gasteiger partial charge in [-0.3, -0.25) is 4.55 Å². The Bertz CT molecular complexity index is 632. The summed E-state index contributed by atoms with van der Waals surface area (Å²) >= 11 is 0. The summed E-state index contributed by atoms with van der Waals surface area (Å²) in [5.74, 6) is -0.981. The van der Waals surface area contributed by atoms with E-state index in [0.29, 0.717) is 17.3 Å². The van der Waals surface area contributed by atoms with Gasteiger partial charge in [0.2, 0.25) is 0 Å². The van der Waals surface area contributed by atoms with E-state index >= 15 is 0 Å². The molecule has 0 bridgehead atoms. The molecular weight excluding hydrogens is 294 g/mol. The third kappa shape index (κ3) is 1.14. The summed E-state index contributed by atoms with van der Waals surface area (Å²) in [4.78, 5) is 11.5. The summed E-state index contributed by atoms with van der Waals surface area (Å²) in [5.41, 5.74) is -0.624. The van der Waals surface area contributed by atoms with Crippen LogP contribution in [-0.2, 0) is 19.6 Å². The van der Waals surface area contributed by atoms with Crippen LogP contribution in [0.25, 0.3) is 0 Å². The number of rotatable bonds is 3. The van der Waals surface area contributed by atoms with Crippen LogP contribution in [0.3, 0.4) is 0 Å². The van der Waals surface area contributed by atoms with Gasteiger partial charge in [-0.05, 0) is 43.4 Å². The Kier molecular flexibility index (Phi) is 1.97. The first kappa shape index (κ1) is 12.9. The molecule has 4 rings (SSSR count). The molecule has 8 heteroatoms. The third-order valence-electron chi connectivity index (χ3n) is 6.30. The van der Waals surface area contributed by atoms with Gasteiger partial charge in [-0.25, -0.2) is 4.79 Å². The van der Waals surface area contributed by atoms with Gasteiger partial charge >= 0.3 is 21.3 Å². The van der Waals surface area contributed by atoms with Crippen LogP contribution < -0.4 is 0 Å². The topological polar surface area (TPSA) is 80.7 Å². The second-order valence-corrected chi connectivity index (χ2v) is 8.34. The van der Waals surface area contributed by atoms with Crippen LogP contribution in [0.2, 0.25) is 0 Å². The van der Waals surface area contributed by atoms with Gasteiger partial charge in [0, 0.05) is 11.8 Å². The predicted molar refractivity (Wildman–Crippen MR) is 61.2 cm³/mol. The zero-order valence-corrected chi connectivity index (χ0v) is 11.5. The summed E-state index contributed by atoms with van der Waals surface area (Å²) in [6.45, 7) is 1.61. The number of carbonyl (C=O) groups excluding carboxylic acids is 1. The average molecular weight is 308 g/mol. The molecule has 0 aromatic carbocycles. The van der Waals surface area contributed by atoms with E-state index < -0.39 is 26.9 Å². The lowest BCUT2D eigenvalue weighted by atomic mass is 9.41. The third-order valence-corrected chi connectivity index (χ3v) is 7.11. The fourth-order valence-electron chi connectivity index (χ4n) is 5.24. The fourth-order valence-corrected chi connectivity index (χ4v) is 5.50. The molecule has 1 N–H and O–H groups in total. The van der Waals surface area contributed by atoms with Gasteiger partial charge in [-0.1, -0.05) is 0 Å². The first-order valence-corrected chi connectivity index (χ1v) is 8.06. The molecule has 0 aromatic heterocycles. The fraction of sp³-hybridized carbons (Fsp3) is 0.917. The number of ether oxygens (including phenoxy) is 1. The molecule has 4 aliphatic rings. The molecule has 0 aromatic rings. The SMILES string of the molecule is CC1(OC(=O)C(F)(F)S(=O)(=O)O)C2CC3CC34CC1C24. The second kappa shape index (κ2) is 3.04. The van der Waals surface area contributed by atoms with Crippen LogP contribution in [0, 0.1) is 29.1 Å². The minimum absolute atomic E-state index is 0.0566. The number of esters is 1. The zero-order valence-electron chi connectivity index (χ0n) is 10.7. The van der Waals surface area contributed by atoms with E-state index in [2.05, 4.69) is 0 Å². The Hall–Kier alpha value is -0.760. The zero-order chi connectivity index (χ0) is 14.7. The number of hydrogen-bond acceptors (Lipinski definition) is 4. The highest BCUT2D eigenvalue weighted by atomic mass is 32.2. The lowest BCUT2D eigenvalue weighted by Gasteiger charge is -2.66. The van der Waals surface area contributed by atoms with E-state index in [4.69, 9.17) is 9.29 Å². The van der Waals surface area contributed by atoms with E-state index in [1.807, 2.05) is 0 Å². The van der Waals surface area contributed by atoms with Gasteiger partial charge < -0.3 is 4.74 Å². The molecule has 0 radical (unpaired) electrons. The average Bonchev–Trinajstić information content (AvgIpc) is 2.96. The Morgan fingerprint density at radius 3 is 2.60 bits per heavy atom. The van der Waals surface area contributed by atoms with Crippen molar-refractivity contribution in [1.29, 1.82) is 0 Å². The summed E-state index contributed by atoms with van der Waals surface area (Å²) in [6, 6.07) is 0. The highest BCUT2D eigenvalue weighted by molar-refractivity contribution is 7.87. The van der Waals surface area contributed by atoms with Gasteiger partial charge in [-0.15, -0.1) is 0 Å². The summed E-state index contributed by atoms with van der Waals surface area (Å²) in [6.07, 6.45) is 2.93. The molecular formula is C12H14F2O5S. The van der Waals surface area contributed by atoms with Crippen LogP contribution in [0.1, 0.15) is 26.2 Å². The molecule has 6 unspecified atom stereocenters. The minimum atomic E-state index is -5.80. The molecule has 112 valence electrons. The first-order chi connectivity index (χ1) is 9.04. The van der Waals surface area contributed by atoms with Crippen molar-refractivity contribution in [2.45, 2.75) is 37.0 Å². The van der Waals surface area contributed by atoms with Crippen molar-refractivity contribution >= 4 is 16.1 Å². The Balaban J connectivity index is 1.55. The van der Waals surface area contributed by atoms with E-state index in [9.17, 15) is 22.0 Å². The lowest BCUT2D eigenvalue weighted by Crippen LogP contribution is -2.70. The largest absolute Gasteiger partial charge is 0.465 e. The second-order valence-electron chi connectivity index (χ2n) is 6.88. The van der Waals surface area contributed by atoms with Crippen LogP contribution >= 0.6 is 0 Å². The number of halogens is 2. The van der Waals surface area contributed by atoms with Crippen molar-refractivity contribution in [2.75, 3.05) is 0 Å². The molecule has 0 saturated heterocycles. The molecule has 0 amide bonds. The maximum absolute atomic E-state index is 13.3. The van der Waals surface area contributed by atoms with Crippen molar-refractivity contribution in [1.82, 2.24) is 0 Å². The molecule has 4 saturated carbocycles. The quantitative estimate of drug-likeness (QED) is 0.630. The molecule has 4 aliphatic carbocycles. The van der Waals surface area contributed by atoms with E-state index in [-0.39, 0.29) is 11.8 Å². The van der Waals surface area contributed by atoms with Crippen LogP contribution in [0.5, 0.6) is 0 Å². The van der Waals surface area contributed by atoms with Crippen molar-refractivity contribution in [3.8, 4) is 0 Å². The van der Waals surface area contributed by atoms with E-state index in [1.165, 1.54) is 6.42 Å². The molecule has 0 aliphatic heterocycles. The van der Waals surface area contributed by atoms with E-state index in [1.54, 1.807) is 6.92 Å². The van der Waals surface area contributed by atoms with Crippen molar-refractivity contribution in [3.05, 3.63) is 0 Å². The van der Waals surface area contributed by atoms with Crippen molar-refractivity contribution < 1.29 is 31.3 Å². The van der Waals surface area contributed by atoms with Gasteiger partial charge in [-0.2, -0.15) is 17.2 Å². The standard InChI is InChI=1S/C12H14F2O5S/c1-10(19-9(15)12(13,14)20(16,17)18)6-2-5-3-11(5)4-7(10)8(6)11/h5-8H,2-4H2,1H3,(H,16,17,18). The van der Waals surface area contributed by atoms with Crippen LogP contribution in [0.15, 0.2) is 0 Å². The lowest BCUT2D eigenvalue weighted by molar-refractivity contribution is -0.272. The Labute approximate surface area is 114 Å². The summed E-state index contributed by atoms with van der Waals surface area (Å²) in [5, 5.41) is -4.90. The number of hydrogen-bond donors (Lipinski definition) is 1.